The number of rotatable bonds is 4. The molecule has 0 aliphatic heterocycles. The van der Waals surface area contributed by atoms with Gasteiger partial charge in [-0.15, -0.1) is 0 Å². The molecule has 4 nitrogen and oxygen atoms in total. The molecule has 0 aliphatic carbocycles. The molecule has 0 aliphatic rings. The summed E-state index contributed by atoms with van der Waals surface area (Å²) in [5, 5.41) is 0. The lowest BCUT2D eigenvalue weighted by Gasteiger charge is -2.09. The standard InChI is InChI=1S/C14H16N2O2S/c1-11-5-4-7-13(9-11)19(17,18)16-10-12-6-2-3-8-14(12)15/h2-9,16H,10,15H2,1H3. The highest BCUT2D eigenvalue weighted by molar-refractivity contribution is 7.89. The third-order valence-corrected chi connectivity index (χ3v) is 4.21. The first-order chi connectivity index (χ1) is 8.99. The van der Waals surface area contributed by atoms with Crippen molar-refractivity contribution in [2.45, 2.75) is 18.4 Å². The fourth-order valence-electron chi connectivity index (χ4n) is 1.73. The highest BCUT2D eigenvalue weighted by Crippen LogP contribution is 2.14. The monoisotopic (exact) mass is 276 g/mol. The van der Waals surface area contributed by atoms with Crippen molar-refractivity contribution in [3.63, 3.8) is 0 Å². The predicted molar refractivity (Wildman–Crippen MR) is 76.1 cm³/mol. The lowest BCUT2D eigenvalue weighted by molar-refractivity contribution is 0.581. The van der Waals surface area contributed by atoms with Crippen molar-refractivity contribution in [1.29, 1.82) is 0 Å². The number of benzene rings is 2. The van der Waals surface area contributed by atoms with Crippen molar-refractivity contribution in [2.24, 2.45) is 0 Å². The minimum Gasteiger partial charge on any atom is -0.398 e. The van der Waals surface area contributed by atoms with Crippen molar-refractivity contribution in [1.82, 2.24) is 4.72 Å². The second-order valence-electron chi connectivity index (χ2n) is 4.34. The zero-order valence-electron chi connectivity index (χ0n) is 10.6. The summed E-state index contributed by atoms with van der Waals surface area (Å²) in [5.74, 6) is 0. The Bertz CT molecular complexity index is 681. The quantitative estimate of drug-likeness (QED) is 0.840. The summed E-state index contributed by atoms with van der Waals surface area (Å²) >= 11 is 0. The van der Waals surface area contributed by atoms with E-state index in [2.05, 4.69) is 4.72 Å². The Morgan fingerprint density at radius 1 is 1.11 bits per heavy atom. The average molecular weight is 276 g/mol. The second-order valence-corrected chi connectivity index (χ2v) is 6.11. The third-order valence-electron chi connectivity index (χ3n) is 2.81. The lowest BCUT2D eigenvalue weighted by Crippen LogP contribution is -2.23. The van der Waals surface area contributed by atoms with Gasteiger partial charge >= 0.3 is 0 Å². The van der Waals surface area contributed by atoms with Gasteiger partial charge in [-0.2, -0.15) is 0 Å². The van der Waals surface area contributed by atoms with Gasteiger partial charge in [-0.3, -0.25) is 0 Å². The van der Waals surface area contributed by atoms with Gasteiger partial charge in [-0.1, -0.05) is 30.3 Å². The highest BCUT2D eigenvalue weighted by atomic mass is 32.2. The second kappa shape index (κ2) is 5.42. The van der Waals surface area contributed by atoms with Crippen LogP contribution in [-0.2, 0) is 16.6 Å². The predicted octanol–water partition coefficient (Wildman–Crippen LogP) is 2.06. The van der Waals surface area contributed by atoms with Crippen LogP contribution in [0.25, 0.3) is 0 Å². The van der Waals surface area contributed by atoms with Crippen molar-refractivity contribution < 1.29 is 8.42 Å². The van der Waals surface area contributed by atoms with Gasteiger partial charge in [0, 0.05) is 12.2 Å². The molecule has 0 amide bonds. The van der Waals surface area contributed by atoms with Gasteiger partial charge in [0.2, 0.25) is 10.0 Å². The maximum atomic E-state index is 12.1. The number of nitrogens with one attached hydrogen (secondary N) is 1. The molecule has 0 saturated carbocycles. The number of nitrogens with two attached hydrogens (primary N) is 1. The summed E-state index contributed by atoms with van der Waals surface area (Å²) in [7, 11) is -3.50. The Morgan fingerprint density at radius 3 is 2.53 bits per heavy atom. The Labute approximate surface area is 113 Å². The van der Waals surface area contributed by atoms with E-state index in [0.29, 0.717) is 5.69 Å². The van der Waals surface area contributed by atoms with E-state index in [1.165, 1.54) is 0 Å². The van der Waals surface area contributed by atoms with Crippen molar-refractivity contribution >= 4 is 15.7 Å². The molecule has 2 rings (SSSR count). The van der Waals surface area contributed by atoms with Gasteiger partial charge in [-0.05, 0) is 36.2 Å². The molecule has 0 saturated heterocycles. The zero-order chi connectivity index (χ0) is 13.9. The molecular weight excluding hydrogens is 260 g/mol. The molecule has 0 aromatic heterocycles. The van der Waals surface area contributed by atoms with E-state index >= 15 is 0 Å². The van der Waals surface area contributed by atoms with Crippen LogP contribution in [0.1, 0.15) is 11.1 Å². The first-order valence-electron chi connectivity index (χ1n) is 5.89. The van der Waals surface area contributed by atoms with Gasteiger partial charge in [0.05, 0.1) is 4.90 Å². The SMILES string of the molecule is Cc1cccc(S(=O)(=O)NCc2ccccc2N)c1. The van der Waals surface area contributed by atoms with Gasteiger partial charge in [0.1, 0.15) is 0 Å². The summed E-state index contributed by atoms with van der Waals surface area (Å²) in [5.41, 5.74) is 8.02. The molecule has 5 heteroatoms. The molecule has 0 bridgehead atoms. The van der Waals surface area contributed by atoms with Crippen LogP contribution in [0.15, 0.2) is 53.4 Å². The maximum Gasteiger partial charge on any atom is 0.240 e. The van der Waals surface area contributed by atoms with E-state index in [1.54, 1.807) is 30.3 Å². The average Bonchev–Trinajstić information content (AvgIpc) is 2.38. The van der Waals surface area contributed by atoms with Crippen LogP contribution in [0, 0.1) is 6.92 Å². The van der Waals surface area contributed by atoms with Gasteiger partial charge in [0.25, 0.3) is 0 Å². The molecule has 2 aromatic carbocycles. The van der Waals surface area contributed by atoms with Crippen LogP contribution in [0.3, 0.4) is 0 Å². The van der Waals surface area contributed by atoms with E-state index in [-0.39, 0.29) is 11.4 Å². The Morgan fingerprint density at radius 2 is 1.84 bits per heavy atom. The summed E-state index contributed by atoms with van der Waals surface area (Å²) in [4.78, 5) is 0.266. The fourth-order valence-corrected chi connectivity index (χ4v) is 2.84. The summed E-state index contributed by atoms with van der Waals surface area (Å²) in [6, 6.07) is 14.0. The molecular formula is C14H16N2O2S. The Kier molecular flexibility index (Phi) is 3.87. The van der Waals surface area contributed by atoms with Crippen LogP contribution in [-0.4, -0.2) is 8.42 Å². The van der Waals surface area contributed by atoms with E-state index in [9.17, 15) is 8.42 Å². The summed E-state index contributed by atoms with van der Waals surface area (Å²) < 4.78 is 26.8. The fraction of sp³-hybridized carbons (Fsp3) is 0.143. The molecule has 19 heavy (non-hydrogen) atoms. The zero-order valence-corrected chi connectivity index (χ0v) is 11.4. The van der Waals surface area contributed by atoms with E-state index < -0.39 is 10.0 Å². The number of sulfonamides is 1. The third kappa shape index (κ3) is 3.33. The molecule has 0 fully saturated rings. The molecule has 0 unspecified atom stereocenters. The van der Waals surface area contributed by atoms with Crippen molar-refractivity contribution in [3.05, 3.63) is 59.7 Å². The Hall–Kier alpha value is -1.85. The number of para-hydroxylation sites is 1. The lowest BCUT2D eigenvalue weighted by atomic mass is 10.2. The number of hydrogen-bond acceptors (Lipinski definition) is 3. The van der Waals surface area contributed by atoms with Crippen molar-refractivity contribution in [2.75, 3.05) is 5.73 Å². The maximum absolute atomic E-state index is 12.1. The number of hydrogen-bond donors (Lipinski definition) is 2. The number of aryl methyl sites for hydroxylation is 1. The van der Waals surface area contributed by atoms with E-state index in [0.717, 1.165) is 11.1 Å². The van der Waals surface area contributed by atoms with E-state index in [4.69, 9.17) is 5.73 Å². The molecule has 0 radical (unpaired) electrons. The number of anilines is 1. The van der Waals surface area contributed by atoms with Gasteiger partial charge < -0.3 is 5.73 Å². The van der Waals surface area contributed by atoms with Crippen molar-refractivity contribution in [3.8, 4) is 0 Å². The molecule has 0 atom stereocenters. The molecule has 0 spiro atoms. The number of nitrogen functional groups attached to an aromatic ring is 1. The minimum absolute atomic E-state index is 0.183. The van der Waals surface area contributed by atoms with Crippen LogP contribution >= 0.6 is 0 Å². The summed E-state index contributed by atoms with van der Waals surface area (Å²) in [6.45, 7) is 2.04. The van der Waals surface area contributed by atoms with Crippen LogP contribution in [0.2, 0.25) is 0 Å². The van der Waals surface area contributed by atoms with Crippen LogP contribution in [0.5, 0.6) is 0 Å². The van der Waals surface area contributed by atoms with E-state index in [1.807, 2.05) is 25.1 Å². The van der Waals surface area contributed by atoms with Crippen LogP contribution < -0.4 is 10.5 Å². The Balaban J connectivity index is 2.17. The normalized spacial score (nSPS) is 11.4. The summed E-state index contributed by atoms with van der Waals surface area (Å²) in [6.07, 6.45) is 0. The largest absolute Gasteiger partial charge is 0.398 e. The van der Waals surface area contributed by atoms with Gasteiger partial charge in [-0.25, -0.2) is 13.1 Å². The molecule has 0 heterocycles. The topological polar surface area (TPSA) is 72.2 Å². The first kappa shape index (κ1) is 13.6. The molecule has 2 aromatic rings. The first-order valence-corrected chi connectivity index (χ1v) is 7.37. The molecule has 3 N–H and O–H groups in total. The minimum atomic E-state index is -3.50. The smallest absolute Gasteiger partial charge is 0.240 e. The van der Waals surface area contributed by atoms with Gasteiger partial charge in [0.15, 0.2) is 0 Å². The highest BCUT2D eigenvalue weighted by Gasteiger charge is 2.13. The van der Waals surface area contributed by atoms with Crippen LogP contribution in [0.4, 0.5) is 5.69 Å². The molecule has 100 valence electrons.